The van der Waals surface area contributed by atoms with Crippen molar-refractivity contribution < 1.29 is 9.18 Å². The first-order valence-corrected chi connectivity index (χ1v) is 7.77. The highest BCUT2D eigenvalue weighted by Gasteiger charge is 2.23. The van der Waals surface area contributed by atoms with Gasteiger partial charge in [0, 0.05) is 6.04 Å². The summed E-state index contributed by atoms with van der Waals surface area (Å²) >= 11 is 0. The first-order valence-electron chi connectivity index (χ1n) is 7.77. The number of benzene rings is 2. The van der Waals surface area contributed by atoms with Gasteiger partial charge < -0.3 is 11.1 Å². The van der Waals surface area contributed by atoms with Crippen LogP contribution in [0.3, 0.4) is 0 Å². The Bertz CT molecular complexity index is 672. The van der Waals surface area contributed by atoms with E-state index in [2.05, 4.69) is 5.32 Å². The fourth-order valence-electron chi connectivity index (χ4n) is 2.43. The SMILES string of the molecule is Cc1ccc(C(C)NC(=O)C(C)C(N)c2ccccc2)cc1F. The molecule has 0 heterocycles. The van der Waals surface area contributed by atoms with E-state index >= 15 is 0 Å². The first-order chi connectivity index (χ1) is 10.9. The Labute approximate surface area is 136 Å². The number of carbonyl (C=O) groups excluding carboxylic acids is 1. The topological polar surface area (TPSA) is 55.1 Å². The van der Waals surface area contributed by atoms with Crippen LogP contribution in [-0.2, 0) is 4.79 Å². The molecule has 2 aromatic rings. The van der Waals surface area contributed by atoms with Crippen molar-refractivity contribution in [2.75, 3.05) is 0 Å². The van der Waals surface area contributed by atoms with Crippen LogP contribution in [0.4, 0.5) is 4.39 Å². The van der Waals surface area contributed by atoms with Gasteiger partial charge in [-0.2, -0.15) is 0 Å². The number of nitrogens with one attached hydrogen (secondary N) is 1. The zero-order valence-corrected chi connectivity index (χ0v) is 13.7. The minimum Gasteiger partial charge on any atom is -0.349 e. The lowest BCUT2D eigenvalue weighted by molar-refractivity contribution is -0.125. The van der Waals surface area contributed by atoms with E-state index in [-0.39, 0.29) is 29.7 Å². The Morgan fingerprint density at radius 2 is 1.74 bits per heavy atom. The highest BCUT2D eigenvalue weighted by molar-refractivity contribution is 5.79. The molecular weight excluding hydrogens is 291 g/mol. The van der Waals surface area contributed by atoms with Crippen molar-refractivity contribution in [1.29, 1.82) is 0 Å². The van der Waals surface area contributed by atoms with Crippen molar-refractivity contribution in [1.82, 2.24) is 5.32 Å². The summed E-state index contributed by atoms with van der Waals surface area (Å²) in [6.45, 7) is 5.35. The van der Waals surface area contributed by atoms with Gasteiger partial charge >= 0.3 is 0 Å². The number of halogens is 1. The number of hydrogen-bond acceptors (Lipinski definition) is 2. The summed E-state index contributed by atoms with van der Waals surface area (Å²) in [6.07, 6.45) is 0. The summed E-state index contributed by atoms with van der Waals surface area (Å²) in [6, 6.07) is 13.9. The Balaban J connectivity index is 2.04. The summed E-state index contributed by atoms with van der Waals surface area (Å²) in [5, 5.41) is 2.91. The molecule has 2 rings (SSSR count). The lowest BCUT2D eigenvalue weighted by Crippen LogP contribution is -2.36. The third-order valence-corrected chi connectivity index (χ3v) is 4.19. The highest BCUT2D eigenvalue weighted by atomic mass is 19.1. The third-order valence-electron chi connectivity index (χ3n) is 4.19. The number of nitrogens with two attached hydrogens (primary N) is 1. The molecule has 3 atom stereocenters. The Kier molecular flexibility index (Phi) is 5.50. The van der Waals surface area contributed by atoms with Gasteiger partial charge in [-0.1, -0.05) is 49.4 Å². The van der Waals surface area contributed by atoms with E-state index < -0.39 is 0 Å². The summed E-state index contributed by atoms with van der Waals surface area (Å²) in [5.41, 5.74) is 8.42. The Morgan fingerprint density at radius 1 is 1.09 bits per heavy atom. The molecule has 0 bridgehead atoms. The minimum atomic E-state index is -0.379. The van der Waals surface area contributed by atoms with Gasteiger partial charge in [-0.15, -0.1) is 0 Å². The van der Waals surface area contributed by atoms with Crippen molar-refractivity contribution in [2.24, 2.45) is 11.7 Å². The fraction of sp³-hybridized carbons (Fsp3) is 0.316. The first kappa shape index (κ1) is 17.2. The van der Waals surface area contributed by atoms with Crippen LogP contribution in [0.1, 0.15) is 42.6 Å². The zero-order chi connectivity index (χ0) is 17.0. The van der Waals surface area contributed by atoms with Gasteiger partial charge in [0.05, 0.1) is 12.0 Å². The van der Waals surface area contributed by atoms with Gasteiger partial charge in [0.25, 0.3) is 0 Å². The van der Waals surface area contributed by atoms with Crippen LogP contribution in [0.15, 0.2) is 48.5 Å². The summed E-state index contributed by atoms with van der Waals surface area (Å²) in [7, 11) is 0. The molecule has 0 fully saturated rings. The smallest absolute Gasteiger partial charge is 0.225 e. The average molecular weight is 314 g/mol. The molecule has 0 saturated heterocycles. The predicted molar refractivity (Wildman–Crippen MR) is 90.2 cm³/mol. The van der Waals surface area contributed by atoms with E-state index in [1.807, 2.05) is 43.3 Å². The summed E-state index contributed by atoms with van der Waals surface area (Å²) in [4.78, 5) is 12.4. The number of amides is 1. The second-order valence-corrected chi connectivity index (χ2v) is 5.96. The molecule has 4 heteroatoms. The monoisotopic (exact) mass is 314 g/mol. The van der Waals surface area contributed by atoms with Crippen LogP contribution in [0, 0.1) is 18.7 Å². The standard InChI is InChI=1S/C19H23FN2O/c1-12-9-10-16(11-17(12)20)14(3)22-19(23)13(2)18(21)15-7-5-4-6-8-15/h4-11,13-14,18H,21H2,1-3H3,(H,22,23). The van der Waals surface area contributed by atoms with E-state index in [0.717, 1.165) is 11.1 Å². The molecule has 0 aromatic heterocycles. The highest BCUT2D eigenvalue weighted by Crippen LogP contribution is 2.21. The lowest BCUT2D eigenvalue weighted by Gasteiger charge is -2.22. The van der Waals surface area contributed by atoms with Crippen LogP contribution in [0.5, 0.6) is 0 Å². The second-order valence-electron chi connectivity index (χ2n) is 5.96. The molecule has 3 nitrogen and oxygen atoms in total. The van der Waals surface area contributed by atoms with Crippen molar-refractivity contribution in [3.8, 4) is 0 Å². The Hall–Kier alpha value is -2.20. The van der Waals surface area contributed by atoms with Crippen molar-refractivity contribution in [3.63, 3.8) is 0 Å². The Morgan fingerprint density at radius 3 is 2.35 bits per heavy atom. The molecule has 0 aliphatic carbocycles. The van der Waals surface area contributed by atoms with Crippen LogP contribution in [-0.4, -0.2) is 5.91 Å². The number of aryl methyl sites for hydroxylation is 1. The van der Waals surface area contributed by atoms with Crippen LogP contribution in [0.2, 0.25) is 0 Å². The summed E-state index contributed by atoms with van der Waals surface area (Å²) < 4.78 is 13.7. The van der Waals surface area contributed by atoms with E-state index in [1.54, 1.807) is 19.9 Å². The molecule has 23 heavy (non-hydrogen) atoms. The van der Waals surface area contributed by atoms with Gasteiger partial charge in [0.15, 0.2) is 0 Å². The van der Waals surface area contributed by atoms with E-state index in [4.69, 9.17) is 5.73 Å². The molecule has 3 N–H and O–H groups in total. The maximum Gasteiger partial charge on any atom is 0.225 e. The fourth-order valence-corrected chi connectivity index (χ4v) is 2.43. The van der Waals surface area contributed by atoms with E-state index in [0.29, 0.717) is 5.56 Å². The van der Waals surface area contributed by atoms with Crippen molar-refractivity contribution in [2.45, 2.75) is 32.9 Å². The van der Waals surface area contributed by atoms with E-state index in [9.17, 15) is 9.18 Å². The van der Waals surface area contributed by atoms with E-state index in [1.165, 1.54) is 6.07 Å². The third kappa shape index (κ3) is 4.17. The van der Waals surface area contributed by atoms with Crippen molar-refractivity contribution >= 4 is 5.91 Å². The maximum atomic E-state index is 13.7. The second kappa shape index (κ2) is 7.38. The molecule has 1 amide bonds. The van der Waals surface area contributed by atoms with Gasteiger partial charge in [-0.25, -0.2) is 4.39 Å². The van der Waals surface area contributed by atoms with Gasteiger partial charge in [0.1, 0.15) is 5.82 Å². The van der Waals surface area contributed by atoms with Gasteiger partial charge in [-0.3, -0.25) is 4.79 Å². The number of rotatable bonds is 5. The van der Waals surface area contributed by atoms with Gasteiger partial charge in [-0.05, 0) is 36.6 Å². The average Bonchev–Trinajstić information content (AvgIpc) is 2.56. The maximum absolute atomic E-state index is 13.7. The van der Waals surface area contributed by atoms with Crippen LogP contribution in [0.25, 0.3) is 0 Å². The lowest BCUT2D eigenvalue weighted by atomic mass is 9.94. The number of carbonyl (C=O) groups is 1. The molecule has 2 aromatic carbocycles. The quantitative estimate of drug-likeness (QED) is 0.885. The normalized spacial score (nSPS) is 14.8. The molecule has 0 aliphatic rings. The molecular formula is C19H23FN2O. The zero-order valence-electron chi connectivity index (χ0n) is 13.7. The molecule has 3 unspecified atom stereocenters. The number of hydrogen-bond donors (Lipinski definition) is 2. The molecule has 0 spiro atoms. The largest absolute Gasteiger partial charge is 0.349 e. The minimum absolute atomic E-state index is 0.144. The predicted octanol–water partition coefficient (Wildman–Crippen LogP) is 3.65. The van der Waals surface area contributed by atoms with Crippen molar-refractivity contribution in [3.05, 3.63) is 71.0 Å². The van der Waals surface area contributed by atoms with Crippen LogP contribution < -0.4 is 11.1 Å². The molecule has 0 saturated carbocycles. The van der Waals surface area contributed by atoms with Crippen LogP contribution >= 0.6 is 0 Å². The summed E-state index contributed by atoms with van der Waals surface area (Å²) in [5.74, 6) is -0.789. The molecule has 0 radical (unpaired) electrons. The molecule has 122 valence electrons. The molecule has 0 aliphatic heterocycles. The van der Waals surface area contributed by atoms with Gasteiger partial charge in [0.2, 0.25) is 5.91 Å².